The summed E-state index contributed by atoms with van der Waals surface area (Å²) in [5.74, 6) is -1.17. The summed E-state index contributed by atoms with van der Waals surface area (Å²) in [6, 6.07) is 4.01. The first kappa shape index (κ1) is 17.9. The van der Waals surface area contributed by atoms with E-state index in [0.717, 1.165) is 0 Å². The van der Waals surface area contributed by atoms with Gasteiger partial charge in [-0.25, -0.2) is 0 Å². The maximum Gasteiger partial charge on any atom is 0.283 e. The second-order valence-electron chi connectivity index (χ2n) is 4.57. The molecule has 1 rings (SSSR count). The molecule has 22 heavy (non-hydrogen) atoms. The van der Waals surface area contributed by atoms with Crippen molar-refractivity contribution in [2.75, 3.05) is 20.1 Å². The van der Waals surface area contributed by atoms with Crippen LogP contribution in [-0.2, 0) is 4.79 Å². The van der Waals surface area contributed by atoms with E-state index in [0.29, 0.717) is 6.54 Å². The molecule has 0 spiro atoms. The number of benzene rings is 1. The van der Waals surface area contributed by atoms with E-state index >= 15 is 0 Å². The van der Waals surface area contributed by atoms with Crippen LogP contribution in [0.4, 0.5) is 5.69 Å². The molecule has 1 atom stereocenters. The first-order chi connectivity index (χ1) is 10.4. The van der Waals surface area contributed by atoms with Crippen LogP contribution in [0.1, 0.15) is 17.3 Å². The average Bonchev–Trinajstić information content (AvgIpc) is 2.49. The minimum atomic E-state index is -0.769. The maximum atomic E-state index is 12.0. The van der Waals surface area contributed by atoms with Gasteiger partial charge in [-0.1, -0.05) is 17.7 Å². The number of amides is 2. The van der Waals surface area contributed by atoms with E-state index in [1.54, 1.807) is 7.05 Å². The molecule has 0 fully saturated rings. The van der Waals surface area contributed by atoms with Crippen LogP contribution in [0.5, 0.6) is 0 Å². The predicted molar refractivity (Wildman–Crippen MR) is 82.0 cm³/mol. The summed E-state index contributed by atoms with van der Waals surface area (Å²) in [5, 5.41) is 18.7. The lowest BCUT2D eigenvalue weighted by molar-refractivity contribution is -0.385. The normalized spacial score (nSPS) is 11.6. The molecule has 3 N–H and O–H groups in total. The molecule has 8 nitrogen and oxygen atoms in total. The van der Waals surface area contributed by atoms with Crippen LogP contribution in [0.15, 0.2) is 18.2 Å². The summed E-state index contributed by atoms with van der Waals surface area (Å²) in [7, 11) is 1.76. The van der Waals surface area contributed by atoms with Gasteiger partial charge in [-0.3, -0.25) is 19.7 Å². The van der Waals surface area contributed by atoms with Crippen LogP contribution >= 0.6 is 11.6 Å². The molecule has 0 aromatic heterocycles. The largest absolute Gasteiger partial charge is 0.353 e. The van der Waals surface area contributed by atoms with Gasteiger partial charge in [-0.15, -0.1) is 0 Å². The standard InChI is InChI=1S/C13H17ClN4O4/c1-8(15-2)6-16-11(19)7-17-13(20)12-9(14)4-3-5-10(12)18(21)22/h3-5,8,15H,6-7H2,1-2H3,(H,16,19)(H,17,20). The molecule has 9 heteroatoms. The fourth-order valence-corrected chi connectivity index (χ4v) is 1.83. The highest BCUT2D eigenvalue weighted by molar-refractivity contribution is 6.34. The van der Waals surface area contributed by atoms with Crippen molar-refractivity contribution in [3.8, 4) is 0 Å². The van der Waals surface area contributed by atoms with Gasteiger partial charge in [0.25, 0.3) is 11.6 Å². The number of carbonyl (C=O) groups is 2. The Kier molecular flexibility index (Phi) is 6.74. The summed E-state index contributed by atoms with van der Waals surface area (Å²) in [4.78, 5) is 33.8. The lowest BCUT2D eigenvalue weighted by Gasteiger charge is -2.12. The minimum Gasteiger partial charge on any atom is -0.353 e. The third-order valence-corrected chi connectivity index (χ3v) is 3.24. The Balaban J connectivity index is 2.67. The molecule has 0 saturated heterocycles. The van der Waals surface area contributed by atoms with E-state index in [1.165, 1.54) is 18.2 Å². The third kappa shape index (κ3) is 4.97. The van der Waals surface area contributed by atoms with Crippen molar-refractivity contribution in [1.82, 2.24) is 16.0 Å². The van der Waals surface area contributed by atoms with Crippen molar-refractivity contribution < 1.29 is 14.5 Å². The van der Waals surface area contributed by atoms with E-state index in [4.69, 9.17) is 11.6 Å². The Morgan fingerprint density at radius 3 is 2.64 bits per heavy atom. The number of nitrogens with zero attached hydrogens (tertiary/aromatic N) is 1. The SMILES string of the molecule is CNC(C)CNC(=O)CNC(=O)c1c(Cl)cccc1[N+](=O)[O-]. The van der Waals surface area contributed by atoms with Crippen molar-refractivity contribution in [2.45, 2.75) is 13.0 Å². The van der Waals surface area contributed by atoms with Crippen molar-refractivity contribution in [3.05, 3.63) is 38.9 Å². The van der Waals surface area contributed by atoms with Crippen LogP contribution in [0.3, 0.4) is 0 Å². The van der Waals surface area contributed by atoms with E-state index in [1.807, 2.05) is 6.92 Å². The molecule has 1 aromatic carbocycles. The van der Waals surface area contributed by atoms with Crippen molar-refractivity contribution >= 4 is 29.1 Å². The van der Waals surface area contributed by atoms with Crippen LogP contribution in [0, 0.1) is 10.1 Å². The highest BCUT2D eigenvalue weighted by atomic mass is 35.5. The fourth-order valence-electron chi connectivity index (χ4n) is 1.57. The average molecular weight is 329 g/mol. The van der Waals surface area contributed by atoms with Crippen LogP contribution in [0.25, 0.3) is 0 Å². The van der Waals surface area contributed by atoms with Gasteiger partial charge in [-0.05, 0) is 20.0 Å². The van der Waals surface area contributed by atoms with Gasteiger partial charge in [0.15, 0.2) is 0 Å². The first-order valence-electron chi connectivity index (χ1n) is 6.51. The molecular formula is C13H17ClN4O4. The van der Waals surface area contributed by atoms with E-state index in [-0.39, 0.29) is 23.2 Å². The number of nitro groups is 1. The van der Waals surface area contributed by atoms with E-state index in [2.05, 4.69) is 16.0 Å². The third-order valence-electron chi connectivity index (χ3n) is 2.92. The zero-order valence-electron chi connectivity index (χ0n) is 12.2. The number of nitro benzene ring substituents is 1. The maximum absolute atomic E-state index is 12.0. The van der Waals surface area contributed by atoms with Gasteiger partial charge in [0.1, 0.15) is 5.56 Å². The monoisotopic (exact) mass is 328 g/mol. The number of carbonyl (C=O) groups excluding carboxylic acids is 2. The minimum absolute atomic E-state index is 0.0455. The summed E-state index contributed by atoms with van der Waals surface area (Å²) in [5.41, 5.74) is -0.667. The van der Waals surface area contributed by atoms with Crippen LogP contribution < -0.4 is 16.0 Å². The molecule has 2 amide bonds. The Hall–Kier alpha value is -2.19. The molecule has 1 aromatic rings. The number of hydrogen-bond acceptors (Lipinski definition) is 5. The second kappa shape index (κ2) is 8.30. The smallest absolute Gasteiger partial charge is 0.283 e. The molecule has 0 aliphatic heterocycles. The number of nitrogens with one attached hydrogen (secondary N) is 3. The zero-order chi connectivity index (χ0) is 16.7. The van der Waals surface area contributed by atoms with Crippen molar-refractivity contribution in [1.29, 1.82) is 0 Å². The highest BCUT2D eigenvalue weighted by Crippen LogP contribution is 2.25. The molecule has 0 aliphatic carbocycles. The van der Waals surface area contributed by atoms with Crippen LogP contribution in [-0.4, -0.2) is 42.9 Å². The predicted octanol–water partition coefficient (Wildman–Crippen LogP) is 0.702. The summed E-state index contributed by atoms with van der Waals surface area (Å²) < 4.78 is 0. The van der Waals surface area contributed by atoms with E-state index < -0.39 is 22.4 Å². The van der Waals surface area contributed by atoms with Gasteiger partial charge in [-0.2, -0.15) is 0 Å². The van der Waals surface area contributed by atoms with Gasteiger partial charge >= 0.3 is 0 Å². The fraction of sp³-hybridized carbons (Fsp3) is 0.385. The lowest BCUT2D eigenvalue weighted by Crippen LogP contribution is -2.42. The highest BCUT2D eigenvalue weighted by Gasteiger charge is 2.23. The molecule has 0 aliphatic rings. The van der Waals surface area contributed by atoms with Crippen molar-refractivity contribution in [2.24, 2.45) is 0 Å². The first-order valence-corrected chi connectivity index (χ1v) is 6.89. The van der Waals surface area contributed by atoms with Gasteiger partial charge in [0.2, 0.25) is 5.91 Å². The Morgan fingerprint density at radius 2 is 2.05 bits per heavy atom. The lowest BCUT2D eigenvalue weighted by atomic mass is 10.1. The Labute approximate surface area is 132 Å². The summed E-state index contributed by atoms with van der Waals surface area (Å²) >= 11 is 5.83. The van der Waals surface area contributed by atoms with Crippen LogP contribution in [0.2, 0.25) is 5.02 Å². The summed E-state index contributed by atoms with van der Waals surface area (Å²) in [6.07, 6.45) is 0. The van der Waals surface area contributed by atoms with Gasteiger partial charge in [0.05, 0.1) is 16.5 Å². The molecule has 0 bridgehead atoms. The topological polar surface area (TPSA) is 113 Å². The molecule has 0 heterocycles. The van der Waals surface area contributed by atoms with Gasteiger partial charge in [0, 0.05) is 18.7 Å². The van der Waals surface area contributed by atoms with Gasteiger partial charge < -0.3 is 16.0 Å². The zero-order valence-corrected chi connectivity index (χ0v) is 12.9. The number of likely N-dealkylation sites (N-methyl/N-ethyl adjacent to an activating group) is 1. The quantitative estimate of drug-likeness (QED) is 0.503. The van der Waals surface area contributed by atoms with Crippen molar-refractivity contribution in [3.63, 3.8) is 0 Å². The Morgan fingerprint density at radius 1 is 1.36 bits per heavy atom. The molecule has 0 saturated carbocycles. The summed E-state index contributed by atoms with van der Waals surface area (Å²) in [6.45, 7) is 1.99. The molecular weight excluding hydrogens is 312 g/mol. The number of rotatable bonds is 7. The molecule has 0 radical (unpaired) electrons. The molecule has 120 valence electrons. The Bertz CT molecular complexity index is 579. The number of halogens is 1. The number of hydrogen-bond donors (Lipinski definition) is 3. The second-order valence-corrected chi connectivity index (χ2v) is 4.97. The molecule has 1 unspecified atom stereocenters. The van der Waals surface area contributed by atoms with E-state index in [9.17, 15) is 19.7 Å².